The lowest BCUT2D eigenvalue weighted by molar-refractivity contribution is 0.0593. The Morgan fingerprint density at radius 1 is 1.29 bits per heavy atom. The second kappa shape index (κ2) is 7.74. The van der Waals surface area contributed by atoms with E-state index in [0.29, 0.717) is 12.2 Å². The van der Waals surface area contributed by atoms with Crippen molar-refractivity contribution >= 4 is 11.9 Å². The third-order valence-electron chi connectivity index (χ3n) is 3.78. The van der Waals surface area contributed by atoms with Crippen LogP contribution >= 0.6 is 0 Å². The molecule has 1 heterocycles. The van der Waals surface area contributed by atoms with E-state index in [4.69, 9.17) is 4.74 Å². The molecular formula is C17H22N4O3. The number of methoxy groups -OCH3 is 1. The van der Waals surface area contributed by atoms with Gasteiger partial charge in [0.25, 0.3) is 5.91 Å². The monoisotopic (exact) mass is 330 g/mol. The van der Waals surface area contributed by atoms with E-state index in [1.165, 1.54) is 17.9 Å². The lowest BCUT2D eigenvalue weighted by Gasteiger charge is -2.20. The van der Waals surface area contributed by atoms with Crippen LogP contribution in [0.15, 0.2) is 36.4 Å². The molecule has 2 aromatic rings. The highest BCUT2D eigenvalue weighted by Gasteiger charge is 2.21. The number of amides is 1. The van der Waals surface area contributed by atoms with Gasteiger partial charge in [0, 0.05) is 18.7 Å². The van der Waals surface area contributed by atoms with E-state index in [-0.39, 0.29) is 23.3 Å². The summed E-state index contributed by atoms with van der Waals surface area (Å²) in [6, 6.07) is 10.8. The summed E-state index contributed by atoms with van der Waals surface area (Å²) in [4.78, 5) is 26.3. The Labute approximate surface area is 141 Å². The van der Waals surface area contributed by atoms with E-state index in [1.54, 1.807) is 0 Å². The van der Waals surface area contributed by atoms with E-state index >= 15 is 0 Å². The van der Waals surface area contributed by atoms with Crippen LogP contribution in [0.25, 0.3) is 5.69 Å². The Hall–Kier alpha value is -2.67. The largest absolute Gasteiger partial charge is 0.464 e. The van der Waals surface area contributed by atoms with Crippen LogP contribution < -0.4 is 5.32 Å². The van der Waals surface area contributed by atoms with Gasteiger partial charge >= 0.3 is 5.97 Å². The number of carbonyl (C=O) groups excluding carboxylic acids is 2. The van der Waals surface area contributed by atoms with Gasteiger partial charge in [-0.05, 0) is 33.2 Å². The maximum absolute atomic E-state index is 12.5. The number of likely N-dealkylation sites (N-methyl/N-ethyl adjacent to an activating group) is 1. The molecule has 0 spiro atoms. The van der Waals surface area contributed by atoms with E-state index in [1.807, 2.05) is 56.3 Å². The molecule has 0 bridgehead atoms. The van der Waals surface area contributed by atoms with Gasteiger partial charge < -0.3 is 15.0 Å². The Morgan fingerprint density at radius 2 is 1.96 bits per heavy atom. The summed E-state index contributed by atoms with van der Waals surface area (Å²) < 4.78 is 6.14. The molecule has 1 amide bonds. The molecule has 0 aliphatic carbocycles. The first-order valence-corrected chi connectivity index (χ1v) is 7.62. The van der Waals surface area contributed by atoms with Gasteiger partial charge in [-0.25, -0.2) is 9.48 Å². The molecule has 1 aromatic heterocycles. The Bertz CT molecular complexity index is 710. The molecule has 1 aromatic carbocycles. The first-order valence-electron chi connectivity index (χ1n) is 7.62. The number of esters is 1. The average Bonchev–Trinajstić information content (AvgIpc) is 3.04. The van der Waals surface area contributed by atoms with Crippen molar-refractivity contribution in [3.63, 3.8) is 0 Å². The van der Waals surface area contributed by atoms with Crippen molar-refractivity contribution in [1.29, 1.82) is 0 Å². The van der Waals surface area contributed by atoms with Crippen LogP contribution in [-0.4, -0.2) is 60.3 Å². The van der Waals surface area contributed by atoms with Gasteiger partial charge in [0.05, 0.1) is 12.8 Å². The first kappa shape index (κ1) is 17.7. The fraction of sp³-hybridized carbons (Fsp3) is 0.353. The molecule has 0 fully saturated rings. The second-order valence-electron chi connectivity index (χ2n) is 5.68. The highest BCUT2D eigenvalue weighted by Crippen LogP contribution is 2.13. The minimum atomic E-state index is -0.583. The number of nitrogens with zero attached hydrogens (tertiary/aromatic N) is 3. The molecule has 7 heteroatoms. The molecule has 7 nitrogen and oxygen atoms in total. The maximum Gasteiger partial charge on any atom is 0.358 e. The molecule has 0 saturated carbocycles. The van der Waals surface area contributed by atoms with Crippen LogP contribution in [0.5, 0.6) is 0 Å². The Kier molecular flexibility index (Phi) is 5.70. The Morgan fingerprint density at radius 3 is 2.54 bits per heavy atom. The molecule has 128 valence electrons. The maximum atomic E-state index is 12.5. The zero-order chi connectivity index (χ0) is 17.7. The topological polar surface area (TPSA) is 76.5 Å². The van der Waals surface area contributed by atoms with Crippen molar-refractivity contribution in [3.05, 3.63) is 47.8 Å². The van der Waals surface area contributed by atoms with Crippen molar-refractivity contribution < 1.29 is 14.3 Å². The third kappa shape index (κ3) is 3.99. The minimum Gasteiger partial charge on any atom is -0.464 e. The van der Waals surface area contributed by atoms with Gasteiger partial charge in [-0.1, -0.05) is 18.2 Å². The lowest BCUT2D eigenvalue weighted by Crippen LogP contribution is -2.38. The number of para-hydroxylation sites is 1. The molecule has 1 N–H and O–H groups in total. The van der Waals surface area contributed by atoms with Crippen molar-refractivity contribution in [3.8, 4) is 5.69 Å². The summed E-state index contributed by atoms with van der Waals surface area (Å²) in [5.74, 6) is -0.879. The smallest absolute Gasteiger partial charge is 0.358 e. The third-order valence-corrected chi connectivity index (χ3v) is 3.78. The van der Waals surface area contributed by atoms with E-state index in [0.717, 1.165) is 0 Å². The number of hydrogen-bond donors (Lipinski definition) is 1. The number of aromatic nitrogens is 2. The molecule has 1 atom stereocenters. The summed E-state index contributed by atoms with van der Waals surface area (Å²) in [6.07, 6.45) is 0. The number of rotatable bonds is 6. The van der Waals surface area contributed by atoms with Gasteiger partial charge in [-0.2, -0.15) is 5.10 Å². The van der Waals surface area contributed by atoms with E-state index < -0.39 is 5.97 Å². The zero-order valence-corrected chi connectivity index (χ0v) is 14.3. The molecule has 2 rings (SSSR count). The fourth-order valence-corrected chi connectivity index (χ4v) is 2.03. The number of benzene rings is 1. The van der Waals surface area contributed by atoms with Gasteiger partial charge in [-0.3, -0.25) is 4.79 Å². The van der Waals surface area contributed by atoms with Crippen LogP contribution in [0.3, 0.4) is 0 Å². The van der Waals surface area contributed by atoms with Gasteiger partial charge in [0.15, 0.2) is 5.69 Å². The molecule has 24 heavy (non-hydrogen) atoms. The number of nitrogens with one attached hydrogen (secondary N) is 1. The molecule has 0 radical (unpaired) electrons. The Balaban J connectivity index is 2.31. The van der Waals surface area contributed by atoms with Gasteiger partial charge in [-0.15, -0.1) is 0 Å². The zero-order valence-electron chi connectivity index (χ0n) is 14.3. The molecule has 0 unspecified atom stereocenters. The van der Waals surface area contributed by atoms with Crippen LogP contribution in [-0.2, 0) is 4.74 Å². The summed E-state index contributed by atoms with van der Waals surface area (Å²) in [6.45, 7) is 2.49. The fourth-order valence-electron chi connectivity index (χ4n) is 2.03. The van der Waals surface area contributed by atoms with E-state index in [9.17, 15) is 9.59 Å². The van der Waals surface area contributed by atoms with Crippen LogP contribution in [0, 0.1) is 0 Å². The predicted octanol–water partition coefficient (Wildman–Crippen LogP) is 1.34. The van der Waals surface area contributed by atoms with Crippen LogP contribution in [0.2, 0.25) is 0 Å². The summed E-state index contributed by atoms with van der Waals surface area (Å²) >= 11 is 0. The first-order chi connectivity index (χ1) is 11.4. The van der Waals surface area contributed by atoms with Crippen molar-refractivity contribution in [2.45, 2.75) is 13.0 Å². The van der Waals surface area contributed by atoms with E-state index in [2.05, 4.69) is 10.4 Å². The summed E-state index contributed by atoms with van der Waals surface area (Å²) in [5, 5.41) is 7.07. The lowest BCUT2D eigenvalue weighted by atomic mass is 10.2. The number of ether oxygens (including phenoxy) is 1. The summed E-state index contributed by atoms with van der Waals surface area (Å²) in [5.41, 5.74) is 1.07. The van der Waals surface area contributed by atoms with Crippen molar-refractivity contribution in [2.75, 3.05) is 27.7 Å². The number of hydrogen-bond acceptors (Lipinski definition) is 5. The number of carbonyl (C=O) groups is 2. The van der Waals surface area contributed by atoms with Gasteiger partial charge in [0.1, 0.15) is 5.69 Å². The molecular weight excluding hydrogens is 308 g/mol. The molecule has 0 aliphatic rings. The molecule has 0 saturated heterocycles. The summed E-state index contributed by atoms with van der Waals surface area (Å²) in [7, 11) is 5.17. The second-order valence-corrected chi connectivity index (χ2v) is 5.68. The highest BCUT2D eigenvalue weighted by molar-refractivity contribution is 5.96. The normalized spacial score (nSPS) is 12.0. The standard InChI is InChI=1S/C17H22N4O3/c1-12(20(2)3)11-18-16(22)15-10-14(17(23)24-4)19-21(15)13-8-6-5-7-9-13/h5-10,12H,11H2,1-4H3,(H,18,22)/t12-/m0/s1. The predicted molar refractivity (Wildman–Crippen MR) is 90.4 cm³/mol. The van der Waals surface area contributed by atoms with Crippen LogP contribution in [0.1, 0.15) is 27.9 Å². The van der Waals surface area contributed by atoms with Crippen molar-refractivity contribution in [1.82, 2.24) is 20.0 Å². The SMILES string of the molecule is COC(=O)c1cc(C(=O)NC[C@H](C)N(C)C)n(-c2ccccc2)n1. The minimum absolute atomic E-state index is 0.0900. The quantitative estimate of drug-likeness (QED) is 0.809. The van der Waals surface area contributed by atoms with Gasteiger partial charge in [0.2, 0.25) is 0 Å². The van der Waals surface area contributed by atoms with Crippen molar-refractivity contribution in [2.24, 2.45) is 0 Å². The molecule has 0 aliphatic heterocycles. The average molecular weight is 330 g/mol. The highest BCUT2D eigenvalue weighted by atomic mass is 16.5. The van der Waals surface area contributed by atoms with Crippen LogP contribution in [0.4, 0.5) is 0 Å².